The Morgan fingerprint density at radius 2 is 1.00 bits per heavy atom. The van der Waals surface area contributed by atoms with Crippen LogP contribution in [0.25, 0.3) is 0 Å². The highest BCUT2D eigenvalue weighted by molar-refractivity contribution is 5.38. The third-order valence-corrected chi connectivity index (χ3v) is 8.69. The van der Waals surface area contributed by atoms with E-state index in [9.17, 15) is 0 Å². The smallest absolute Gasteiger partial charge is 0.161 e. The van der Waals surface area contributed by atoms with Crippen LogP contribution in [0.3, 0.4) is 0 Å². The topological polar surface area (TPSA) is 46.2 Å². The molecular formula is C45H44O5. The van der Waals surface area contributed by atoms with Crippen molar-refractivity contribution in [1.29, 1.82) is 0 Å². The van der Waals surface area contributed by atoms with Crippen LogP contribution in [0.5, 0.6) is 0 Å². The van der Waals surface area contributed by atoms with Gasteiger partial charge in [0.15, 0.2) is 5.60 Å². The average Bonchev–Trinajstić information content (AvgIpc) is 3.17. The molecule has 5 heteroatoms. The molecule has 1 aliphatic heterocycles. The Kier molecular flexibility index (Phi) is 12.8. The Labute approximate surface area is 296 Å². The molecule has 1 aliphatic rings. The molecule has 0 bridgehead atoms. The lowest BCUT2D eigenvalue weighted by molar-refractivity contribution is -0.291. The molecule has 0 N–H and O–H groups in total. The molecule has 5 aromatic rings. The quantitative estimate of drug-likeness (QED) is 0.0828. The molecule has 50 heavy (non-hydrogen) atoms. The van der Waals surface area contributed by atoms with Crippen molar-refractivity contribution in [2.24, 2.45) is 0 Å². The van der Waals surface area contributed by atoms with E-state index in [4.69, 9.17) is 23.7 Å². The first-order valence-electron chi connectivity index (χ1n) is 17.2. The fourth-order valence-electron chi connectivity index (χ4n) is 6.19. The lowest BCUT2D eigenvalue weighted by Crippen LogP contribution is -2.66. The Morgan fingerprint density at radius 3 is 1.50 bits per heavy atom. The van der Waals surface area contributed by atoms with Gasteiger partial charge in [-0.2, -0.15) is 0 Å². The number of hydrogen-bond acceptors (Lipinski definition) is 5. The predicted molar refractivity (Wildman–Crippen MR) is 197 cm³/mol. The summed E-state index contributed by atoms with van der Waals surface area (Å²) in [6.45, 7) is 5.90. The molecule has 0 radical (unpaired) electrons. The molecule has 0 aromatic heterocycles. The molecule has 1 fully saturated rings. The van der Waals surface area contributed by atoms with Crippen molar-refractivity contribution in [3.8, 4) is 11.8 Å². The Balaban J connectivity index is 1.41. The van der Waals surface area contributed by atoms with Crippen LogP contribution in [0.1, 0.15) is 34.2 Å². The third kappa shape index (κ3) is 9.67. The Morgan fingerprint density at radius 1 is 0.560 bits per heavy atom. The maximum atomic E-state index is 7.16. The molecule has 5 atom stereocenters. The van der Waals surface area contributed by atoms with Crippen molar-refractivity contribution in [2.45, 2.75) is 62.9 Å². The zero-order valence-corrected chi connectivity index (χ0v) is 28.3. The first kappa shape index (κ1) is 35.0. The van der Waals surface area contributed by atoms with Crippen LogP contribution in [0.2, 0.25) is 0 Å². The lowest BCUT2D eigenvalue weighted by Gasteiger charge is -2.50. The van der Waals surface area contributed by atoms with Gasteiger partial charge in [0.1, 0.15) is 24.4 Å². The van der Waals surface area contributed by atoms with Crippen LogP contribution in [0.4, 0.5) is 0 Å². The molecule has 1 saturated heterocycles. The standard InChI is InChI=1S/C45H44O5/c1-2-29-45(30-28-36-18-8-3-9-19-36)44(49-34-40-26-16-7-17-27-40)43(48-33-39-24-14-6-15-25-39)42(47-32-38-22-12-5-13-23-38)41(50-45)35-46-31-37-20-10-4-11-21-37/h2-27,41-44H,1,29,31-35H2/t41-,42+,43+,44-,45+/m1/s1. The molecular weight excluding hydrogens is 620 g/mol. The molecule has 5 aromatic carbocycles. The molecule has 0 unspecified atom stereocenters. The number of benzene rings is 5. The summed E-state index contributed by atoms with van der Waals surface area (Å²) in [5.74, 6) is 6.94. The first-order chi connectivity index (χ1) is 24.7. The summed E-state index contributed by atoms with van der Waals surface area (Å²) in [6, 6.07) is 50.5. The number of rotatable bonds is 15. The molecule has 1 heterocycles. The minimum atomic E-state index is -1.12. The van der Waals surface area contributed by atoms with E-state index < -0.39 is 30.0 Å². The molecule has 254 valence electrons. The van der Waals surface area contributed by atoms with Gasteiger partial charge in [-0.05, 0) is 34.4 Å². The molecule has 0 spiro atoms. The van der Waals surface area contributed by atoms with E-state index in [0.717, 1.165) is 27.8 Å². The summed E-state index contributed by atoms with van der Waals surface area (Å²) in [7, 11) is 0. The van der Waals surface area contributed by atoms with E-state index >= 15 is 0 Å². The second-order valence-corrected chi connectivity index (χ2v) is 12.4. The van der Waals surface area contributed by atoms with Gasteiger partial charge in [-0.25, -0.2) is 0 Å². The van der Waals surface area contributed by atoms with Crippen molar-refractivity contribution >= 4 is 0 Å². The maximum Gasteiger partial charge on any atom is 0.161 e. The van der Waals surface area contributed by atoms with Gasteiger partial charge in [-0.3, -0.25) is 0 Å². The van der Waals surface area contributed by atoms with E-state index in [1.807, 2.05) is 109 Å². The summed E-state index contributed by atoms with van der Waals surface area (Å²) in [4.78, 5) is 0. The van der Waals surface area contributed by atoms with Crippen molar-refractivity contribution in [1.82, 2.24) is 0 Å². The summed E-state index contributed by atoms with van der Waals surface area (Å²) in [5.41, 5.74) is 3.96. The highest BCUT2D eigenvalue weighted by Crippen LogP contribution is 2.39. The van der Waals surface area contributed by atoms with Gasteiger partial charge in [0.05, 0.1) is 33.0 Å². The van der Waals surface area contributed by atoms with Crippen LogP contribution >= 0.6 is 0 Å². The second-order valence-electron chi connectivity index (χ2n) is 12.4. The van der Waals surface area contributed by atoms with Crippen LogP contribution in [-0.4, -0.2) is 36.6 Å². The number of ether oxygens (including phenoxy) is 5. The monoisotopic (exact) mass is 664 g/mol. The van der Waals surface area contributed by atoms with Gasteiger partial charge in [0, 0.05) is 12.0 Å². The maximum absolute atomic E-state index is 7.16. The SMILES string of the molecule is C=CC[C@@]1(C#Cc2ccccc2)O[C@H](COCc2ccccc2)[C@H](OCc2ccccc2)[C@H](OCc2ccccc2)[C@H]1OCc1ccccc1. The third-order valence-electron chi connectivity index (χ3n) is 8.69. The fraction of sp³-hybridized carbons (Fsp3) is 0.244. The minimum Gasteiger partial charge on any atom is -0.374 e. The molecule has 6 rings (SSSR count). The normalized spacial score (nSPS) is 21.5. The predicted octanol–water partition coefficient (Wildman–Crippen LogP) is 8.72. The van der Waals surface area contributed by atoms with Gasteiger partial charge < -0.3 is 23.7 Å². The van der Waals surface area contributed by atoms with E-state index in [1.54, 1.807) is 0 Å². The largest absolute Gasteiger partial charge is 0.374 e. The van der Waals surface area contributed by atoms with Gasteiger partial charge >= 0.3 is 0 Å². The molecule has 5 nitrogen and oxygen atoms in total. The van der Waals surface area contributed by atoms with Crippen LogP contribution in [0.15, 0.2) is 164 Å². The van der Waals surface area contributed by atoms with E-state index in [2.05, 4.69) is 67.0 Å². The lowest BCUT2D eigenvalue weighted by atomic mass is 9.82. The zero-order chi connectivity index (χ0) is 34.3. The summed E-state index contributed by atoms with van der Waals surface area (Å²) in [6.07, 6.45) is -0.0620. The second kappa shape index (κ2) is 18.3. The molecule has 0 saturated carbocycles. The molecule has 0 aliphatic carbocycles. The van der Waals surface area contributed by atoms with Crippen molar-refractivity contribution in [3.63, 3.8) is 0 Å². The van der Waals surface area contributed by atoms with Crippen LogP contribution in [0, 0.1) is 11.8 Å². The Bertz CT molecular complexity index is 1770. The van der Waals surface area contributed by atoms with E-state index in [0.29, 0.717) is 32.8 Å². The van der Waals surface area contributed by atoms with Gasteiger partial charge in [0.25, 0.3) is 0 Å². The highest BCUT2D eigenvalue weighted by Gasteiger charge is 2.56. The van der Waals surface area contributed by atoms with Crippen molar-refractivity contribution < 1.29 is 23.7 Å². The van der Waals surface area contributed by atoms with Crippen LogP contribution in [-0.2, 0) is 50.1 Å². The van der Waals surface area contributed by atoms with Gasteiger partial charge in [-0.15, -0.1) is 6.58 Å². The van der Waals surface area contributed by atoms with Crippen molar-refractivity contribution in [2.75, 3.05) is 6.61 Å². The van der Waals surface area contributed by atoms with Gasteiger partial charge in [-0.1, -0.05) is 157 Å². The summed E-state index contributed by atoms with van der Waals surface area (Å²) < 4.78 is 34.2. The van der Waals surface area contributed by atoms with Gasteiger partial charge in [0.2, 0.25) is 0 Å². The van der Waals surface area contributed by atoms with E-state index in [-0.39, 0.29) is 6.61 Å². The highest BCUT2D eigenvalue weighted by atomic mass is 16.6. The minimum absolute atomic E-state index is 0.261. The fourth-order valence-corrected chi connectivity index (χ4v) is 6.19. The average molecular weight is 665 g/mol. The molecule has 0 amide bonds. The summed E-state index contributed by atoms with van der Waals surface area (Å²) in [5, 5.41) is 0. The summed E-state index contributed by atoms with van der Waals surface area (Å²) >= 11 is 0. The zero-order valence-electron chi connectivity index (χ0n) is 28.3. The first-order valence-corrected chi connectivity index (χ1v) is 17.2. The van der Waals surface area contributed by atoms with Crippen LogP contribution < -0.4 is 0 Å². The Hall–Kier alpha value is -4.80. The number of hydrogen-bond donors (Lipinski definition) is 0. The van der Waals surface area contributed by atoms with Crippen molar-refractivity contribution in [3.05, 3.63) is 192 Å². The van der Waals surface area contributed by atoms with E-state index in [1.165, 1.54) is 0 Å².